The summed E-state index contributed by atoms with van der Waals surface area (Å²) in [5.41, 5.74) is 8.19. The highest BCUT2D eigenvalue weighted by molar-refractivity contribution is 14.0. The predicted octanol–water partition coefficient (Wildman–Crippen LogP) is 3.18. The lowest BCUT2D eigenvalue weighted by Crippen LogP contribution is -2.39. The first-order valence-corrected chi connectivity index (χ1v) is 9.37. The molecule has 2 rings (SSSR count). The van der Waals surface area contributed by atoms with Crippen molar-refractivity contribution in [2.24, 2.45) is 4.99 Å². The van der Waals surface area contributed by atoms with Crippen LogP contribution in [0.2, 0.25) is 0 Å². The maximum absolute atomic E-state index is 9.47. The summed E-state index contributed by atoms with van der Waals surface area (Å²) >= 11 is 0. The number of anilines is 1. The fourth-order valence-electron chi connectivity index (χ4n) is 2.88. The van der Waals surface area contributed by atoms with Gasteiger partial charge in [0, 0.05) is 27.2 Å². The highest BCUT2D eigenvalue weighted by Gasteiger charge is 2.16. The number of halogens is 1. The highest BCUT2D eigenvalue weighted by Crippen LogP contribution is 2.21. The number of nitrogens with two attached hydrogens (primary N) is 1. The lowest BCUT2D eigenvalue weighted by molar-refractivity contribution is 0.464. The van der Waals surface area contributed by atoms with Crippen LogP contribution < -0.4 is 11.1 Å². The molecule has 0 unspecified atom stereocenters. The van der Waals surface area contributed by atoms with E-state index in [0.29, 0.717) is 17.8 Å². The molecule has 1 heterocycles. The maximum atomic E-state index is 9.47. The largest absolute Gasteiger partial charge is 0.382 e. The van der Waals surface area contributed by atoms with E-state index in [2.05, 4.69) is 33.3 Å². The second kappa shape index (κ2) is 12.2. The van der Waals surface area contributed by atoms with Gasteiger partial charge in [0.15, 0.2) is 5.96 Å². The van der Waals surface area contributed by atoms with E-state index in [1.807, 2.05) is 37.4 Å². The van der Waals surface area contributed by atoms with Crippen LogP contribution in [0.5, 0.6) is 0 Å². The van der Waals surface area contributed by atoms with Crippen molar-refractivity contribution < 1.29 is 0 Å². The van der Waals surface area contributed by atoms with Crippen LogP contribution in [0.3, 0.4) is 0 Å². The minimum absolute atomic E-state index is 0. The Morgan fingerprint density at radius 1 is 1.32 bits per heavy atom. The molecular weight excluding hydrogens is 465 g/mol. The molecule has 7 nitrogen and oxygen atoms in total. The maximum Gasteiger partial charge on any atom is 0.193 e. The molecule has 0 saturated carbocycles. The zero-order valence-corrected chi connectivity index (χ0v) is 19.2. The molecule has 0 saturated heterocycles. The number of aryl methyl sites for hydroxylation is 1. The van der Waals surface area contributed by atoms with E-state index >= 15 is 0 Å². The molecule has 0 bridgehead atoms. The van der Waals surface area contributed by atoms with Crippen LogP contribution in [0.4, 0.5) is 5.82 Å². The Hall–Kier alpha value is -2.28. The van der Waals surface area contributed by atoms with Crippen LogP contribution in [0.15, 0.2) is 35.3 Å². The van der Waals surface area contributed by atoms with Crippen LogP contribution in [-0.2, 0) is 6.42 Å². The van der Waals surface area contributed by atoms with Crippen molar-refractivity contribution in [2.75, 3.05) is 32.9 Å². The fourth-order valence-corrected chi connectivity index (χ4v) is 2.88. The molecule has 3 N–H and O–H groups in total. The Kier molecular flexibility index (Phi) is 10.4. The predicted molar refractivity (Wildman–Crippen MR) is 125 cm³/mol. The summed E-state index contributed by atoms with van der Waals surface area (Å²) in [5, 5.41) is 17.4. The third kappa shape index (κ3) is 6.12. The van der Waals surface area contributed by atoms with Gasteiger partial charge in [-0.2, -0.15) is 10.4 Å². The minimum atomic E-state index is 0. The number of nitrogens with one attached hydrogen (secondary N) is 1. The Labute approximate surface area is 184 Å². The number of unbranched alkanes of at least 4 members (excludes halogenated alkanes) is 1. The van der Waals surface area contributed by atoms with Crippen LogP contribution in [0.25, 0.3) is 5.69 Å². The molecule has 152 valence electrons. The SMILES string of the molecule is CCCCN(C)C(=NC)NCCCc1nn(-c2ccccc2)c(N)c1C#N.I. The highest BCUT2D eigenvalue weighted by atomic mass is 127. The Morgan fingerprint density at radius 2 is 2.04 bits per heavy atom. The van der Waals surface area contributed by atoms with Gasteiger partial charge in [-0.3, -0.25) is 4.99 Å². The van der Waals surface area contributed by atoms with Crippen molar-refractivity contribution in [3.63, 3.8) is 0 Å². The summed E-state index contributed by atoms with van der Waals surface area (Å²) in [6.07, 6.45) is 3.80. The Bertz CT molecular complexity index is 793. The molecule has 0 radical (unpaired) electrons. The lowest BCUT2D eigenvalue weighted by atomic mass is 10.1. The quantitative estimate of drug-likeness (QED) is 0.254. The summed E-state index contributed by atoms with van der Waals surface area (Å²) in [4.78, 5) is 6.45. The summed E-state index contributed by atoms with van der Waals surface area (Å²) in [5.74, 6) is 1.28. The van der Waals surface area contributed by atoms with Gasteiger partial charge in [-0.15, -0.1) is 24.0 Å². The van der Waals surface area contributed by atoms with Gasteiger partial charge in [0.25, 0.3) is 0 Å². The monoisotopic (exact) mass is 495 g/mol. The van der Waals surface area contributed by atoms with Crippen LogP contribution in [-0.4, -0.2) is 47.8 Å². The number of hydrogen-bond donors (Lipinski definition) is 2. The number of hydrogen-bond acceptors (Lipinski definition) is 4. The van der Waals surface area contributed by atoms with Gasteiger partial charge in [0.2, 0.25) is 0 Å². The lowest BCUT2D eigenvalue weighted by Gasteiger charge is -2.21. The van der Waals surface area contributed by atoms with Crippen molar-refractivity contribution in [1.29, 1.82) is 5.26 Å². The fraction of sp³-hybridized carbons (Fsp3) is 0.450. The second-order valence-corrected chi connectivity index (χ2v) is 6.42. The zero-order valence-electron chi connectivity index (χ0n) is 16.9. The molecule has 0 aliphatic rings. The van der Waals surface area contributed by atoms with Gasteiger partial charge in [0.1, 0.15) is 17.5 Å². The number of aliphatic imine (C=N–C) groups is 1. The number of nitrogens with zero attached hydrogens (tertiary/aromatic N) is 5. The van der Waals surface area contributed by atoms with Crippen LogP contribution in [0, 0.1) is 11.3 Å². The van der Waals surface area contributed by atoms with Gasteiger partial charge < -0.3 is 16.0 Å². The van der Waals surface area contributed by atoms with Crippen LogP contribution >= 0.6 is 24.0 Å². The molecule has 0 spiro atoms. The molecule has 0 atom stereocenters. The van der Waals surface area contributed by atoms with E-state index in [1.165, 1.54) is 0 Å². The molecule has 28 heavy (non-hydrogen) atoms. The summed E-state index contributed by atoms with van der Waals surface area (Å²) in [6, 6.07) is 11.8. The van der Waals surface area contributed by atoms with Gasteiger partial charge >= 0.3 is 0 Å². The van der Waals surface area contributed by atoms with E-state index in [4.69, 9.17) is 5.73 Å². The average Bonchev–Trinajstić information content (AvgIpc) is 3.02. The molecule has 1 aromatic heterocycles. The van der Waals surface area contributed by atoms with E-state index in [1.54, 1.807) is 11.7 Å². The second-order valence-electron chi connectivity index (χ2n) is 6.42. The molecule has 0 amide bonds. The van der Waals surface area contributed by atoms with Crippen molar-refractivity contribution in [2.45, 2.75) is 32.6 Å². The minimum Gasteiger partial charge on any atom is -0.382 e. The molecule has 0 fully saturated rings. The number of aromatic nitrogens is 2. The normalized spacial score (nSPS) is 10.9. The van der Waals surface area contributed by atoms with Crippen LogP contribution in [0.1, 0.15) is 37.4 Å². The van der Waals surface area contributed by atoms with Gasteiger partial charge in [-0.1, -0.05) is 31.5 Å². The number of benzene rings is 1. The summed E-state index contributed by atoms with van der Waals surface area (Å²) < 4.78 is 1.64. The number of para-hydroxylation sites is 1. The summed E-state index contributed by atoms with van der Waals surface area (Å²) in [6.45, 7) is 3.91. The number of nitrogen functional groups attached to an aromatic ring is 1. The third-order valence-corrected chi connectivity index (χ3v) is 4.40. The molecule has 2 aromatic rings. The topological polar surface area (TPSA) is 95.3 Å². The van der Waals surface area contributed by atoms with Crippen molar-refractivity contribution in [3.05, 3.63) is 41.6 Å². The molecule has 0 aliphatic carbocycles. The van der Waals surface area contributed by atoms with Crippen molar-refractivity contribution in [1.82, 2.24) is 20.0 Å². The summed E-state index contributed by atoms with van der Waals surface area (Å²) in [7, 11) is 3.84. The molecule has 8 heteroatoms. The smallest absolute Gasteiger partial charge is 0.193 e. The molecular formula is C20H30IN7. The van der Waals surface area contributed by atoms with E-state index in [-0.39, 0.29) is 24.0 Å². The number of guanidine groups is 1. The Morgan fingerprint density at radius 3 is 2.64 bits per heavy atom. The van der Waals surface area contributed by atoms with E-state index in [9.17, 15) is 5.26 Å². The van der Waals surface area contributed by atoms with E-state index < -0.39 is 0 Å². The standard InChI is InChI=1S/C20H29N7.HI/c1-4-5-14-26(3)20(23-2)24-13-9-12-18-17(15-21)19(22)27(25-18)16-10-7-6-8-11-16;/h6-8,10-11H,4-5,9,12-14,22H2,1-3H3,(H,23,24);1H. The Balaban J connectivity index is 0.00000392. The zero-order chi connectivity index (χ0) is 19.6. The first-order valence-electron chi connectivity index (χ1n) is 9.37. The van der Waals surface area contributed by atoms with Gasteiger partial charge in [-0.05, 0) is 31.4 Å². The number of rotatable bonds is 8. The third-order valence-electron chi connectivity index (χ3n) is 4.40. The molecule has 0 aliphatic heterocycles. The van der Waals surface area contributed by atoms with Crippen molar-refractivity contribution in [3.8, 4) is 11.8 Å². The number of nitriles is 1. The van der Waals surface area contributed by atoms with Gasteiger partial charge in [-0.25, -0.2) is 4.68 Å². The first-order chi connectivity index (χ1) is 13.1. The molecule has 1 aromatic carbocycles. The van der Waals surface area contributed by atoms with E-state index in [0.717, 1.165) is 49.7 Å². The van der Waals surface area contributed by atoms with Crippen molar-refractivity contribution >= 4 is 35.8 Å². The average molecular weight is 495 g/mol. The van der Waals surface area contributed by atoms with Gasteiger partial charge in [0.05, 0.1) is 11.4 Å². The first kappa shape index (κ1) is 23.8.